The van der Waals surface area contributed by atoms with Crippen LogP contribution in [0.3, 0.4) is 0 Å². The van der Waals surface area contributed by atoms with Crippen molar-refractivity contribution in [3.05, 3.63) is 0 Å². The second-order valence-corrected chi connectivity index (χ2v) is 3.71. The van der Waals surface area contributed by atoms with Gasteiger partial charge >= 0.3 is 5.97 Å². The van der Waals surface area contributed by atoms with E-state index in [1.54, 1.807) is 0 Å². The molecular weight excluding hydrogens is 196 g/mol. The Kier molecular flexibility index (Phi) is 7.62. The highest BCUT2D eigenvalue weighted by Gasteiger charge is 2.02. The van der Waals surface area contributed by atoms with Gasteiger partial charge in [-0.3, -0.25) is 9.59 Å². The number of aliphatic carboxylic acids is 1. The maximum atomic E-state index is 11.1. The van der Waals surface area contributed by atoms with Gasteiger partial charge in [-0.2, -0.15) is 0 Å². The lowest BCUT2D eigenvalue weighted by Gasteiger charge is -2.07. The monoisotopic (exact) mass is 216 g/mol. The molecule has 1 amide bonds. The zero-order valence-electron chi connectivity index (χ0n) is 9.38. The summed E-state index contributed by atoms with van der Waals surface area (Å²) in [6.45, 7) is 5.12. The minimum atomic E-state index is -0.892. The van der Waals surface area contributed by atoms with Gasteiger partial charge in [0.25, 0.3) is 0 Å². The van der Waals surface area contributed by atoms with E-state index in [9.17, 15) is 9.59 Å². The number of carboxylic acids is 1. The van der Waals surface area contributed by atoms with Crippen molar-refractivity contribution in [3.8, 4) is 0 Å². The lowest BCUT2D eigenvalue weighted by molar-refractivity contribution is -0.136. The van der Waals surface area contributed by atoms with Crippen LogP contribution in [0.15, 0.2) is 0 Å². The standard InChI is InChI=1S/C10H20N2O3/c1-8(2)11-6-3-4-9(13)12-7-5-10(14)15/h8,11H,3-7H2,1-2H3,(H,12,13)(H,14,15). The van der Waals surface area contributed by atoms with Gasteiger partial charge in [-0.1, -0.05) is 13.8 Å². The maximum Gasteiger partial charge on any atom is 0.305 e. The fourth-order valence-corrected chi connectivity index (χ4v) is 1.04. The van der Waals surface area contributed by atoms with Crippen LogP contribution in [0.1, 0.15) is 33.1 Å². The maximum absolute atomic E-state index is 11.1. The molecule has 0 heterocycles. The number of rotatable bonds is 8. The molecule has 0 fully saturated rings. The zero-order valence-corrected chi connectivity index (χ0v) is 9.38. The minimum Gasteiger partial charge on any atom is -0.481 e. The molecule has 0 aromatic heterocycles. The Morgan fingerprint density at radius 1 is 1.20 bits per heavy atom. The molecule has 0 atom stereocenters. The molecular formula is C10H20N2O3. The third-order valence-electron chi connectivity index (χ3n) is 1.79. The SMILES string of the molecule is CC(C)NCCCC(=O)NCCC(=O)O. The number of carbonyl (C=O) groups excluding carboxylic acids is 1. The normalized spacial score (nSPS) is 10.3. The number of amides is 1. The van der Waals surface area contributed by atoms with Crippen molar-refractivity contribution in [2.24, 2.45) is 0 Å². The summed E-state index contributed by atoms with van der Waals surface area (Å²) < 4.78 is 0. The Labute approximate surface area is 90.2 Å². The average Bonchev–Trinajstić information content (AvgIpc) is 2.11. The summed E-state index contributed by atoms with van der Waals surface area (Å²) in [5.41, 5.74) is 0. The van der Waals surface area contributed by atoms with Crippen molar-refractivity contribution in [1.29, 1.82) is 0 Å². The highest BCUT2D eigenvalue weighted by atomic mass is 16.4. The predicted molar refractivity (Wildman–Crippen MR) is 57.6 cm³/mol. The number of carboxylic acid groups (broad SMARTS) is 1. The van der Waals surface area contributed by atoms with Crippen LogP contribution < -0.4 is 10.6 Å². The molecule has 0 bridgehead atoms. The fraction of sp³-hybridized carbons (Fsp3) is 0.800. The predicted octanol–water partition coefficient (Wildman–Crippen LogP) is 0.355. The van der Waals surface area contributed by atoms with Crippen molar-refractivity contribution in [2.45, 2.75) is 39.2 Å². The first-order chi connectivity index (χ1) is 7.02. The quantitative estimate of drug-likeness (QED) is 0.512. The van der Waals surface area contributed by atoms with Crippen LogP contribution in [0.4, 0.5) is 0 Å². The van der Waals surface area contributed by atoms with Gasteiger partial charge in [0.2, 0.25) is 5.91 Å². The largest absolute Gasteiger partial charge is 0.481 e. The van der Waals surface area contributed by atoms with Crippen LogP contribution in [0.2, 0.25) is 0 Å². The Morgan fingerprint density at radius 2 is 1.87 bits per heavy atom. The van der Waals surface area contributed by atoms with Crippen LogP contribution >= 0.6 is 0 Å². The number of hydrogen-bond donors (Lipinski definition) is 3. The van der Waals surface area contributed by atoms with E-state index in [-0.39, 0.29) is 18.9 Å². The van der Waals surface area contributed by atoms with Crippen molar-refractivity contribution >= 4 is 11.9 Å². The molecule has 0 aliphatic carbocycles. The topological polar surface area (TPSA) is 78.4 Å². The van der Waals surface area contributed by atoms with Crippen LogP contribution in [0, 0.1) is 0 Å². The van der Waals surface area contributed by atoms with Gasteiger partial charge in [0.1, 0.15) is 0 Å². The summed E-state index contributed by atoms with van der Waals surface area (Å²) in [7, 11) is 0. The Morgan fingerprint density at radius 3 is 2.40 bits per heavy atom. The van der Waals surface area contributed by atoms with E-state index in [1.807, 2.05) is 13.8 Å². The van der Waals surface area contributed by atoms with E-state index >= 15 is 0 Å². The summed E-state index contributed by atoms with van der Waals surface area (Å²) in [5, 5.41) is 14.1. The molecule has 88 valence electrons. The van der Waals surface area contributed by atoms with Crippen molar-refractivity contribution in [2.75, 3.05) is 13.1 Å². The lowest BCUT2D eigenvalue weighted by Crippen LogP contribution is -2.28. The molecule has 5 heteroatoms. The summed E-state index contributed by atoms with van der Waals surface area (Å²) in [6.07, 6.45) is 1.20. The van der Waals surface area contributed by atoms with Gasteiger partial charge in [-0.25, -0.2) is 0 Å². The number of hydrogen-bond acceptors (Lipinski definition) is 3. The van der Waals surface area contributed by atoms with E-state index in [2.05, 4.69) is 10.6 Å². The molecule has 0 aliphatic heterocycles. The van der Waals surface area contributed by atoms with E-state index in [0.717, 1.165) is 13.0 Å². The molecule has 0 aliphatic rings. The molecule has 0 radical (unpaired) electrons. The highest BCUT2D eigenvalue weighted by Crippen LogP contribution is 1.88. The molecule has 0 spiro atoms. The molecule has 3 N–H and O–H groups in total. The number of nitrogens with one attached hydrogen (secondary N) is 2. The molecule has 0 saturated carbocycles. The summed E-state index contributed by atoms with van der Waals surface area (Å²) in [4.78, 5) is 21.3. The van der Waals surface area contributed by atoms with Crippen LogP contribution in [-0.2, 0) is 9.59 Å². The van der Waals surface area contributed by atoms with E-state index in [0.29, 0.717) is 12.5 Å². The van der Waals surface area contributed by atoms with Crippen molar-refractivity contribution in [1.82, 2.24) is 10.6 Å². The van der Waals surface area contributed by atoms with Crippen LogP contribution in [-0.4, -0.2) is 36.1 Å². The molecule has 15 heavy (non-hydrogen) atoms. The van der Waals surface area contributed by atoms with Crippen molar-refractivity contribution in [3.63, 3.8) is 0 Å². The van der Waals surface area contributed by atoms with Crippen LogP contribution in [0.5, 0.6) is 0 Å². The second-order valence-electron chi connectivity index (χ2n) is 3.71. The van der Waals surface area contributed by atoms with Gasteiger partial charge in [-0.05, 0) is 13.0 Å². The number of carbonyl (C=O) groups is 2. The molecule has 0 aromatic rings. The molecule has 5 nitrogen and oxygen atoms in total. The summed E-state index contributed by atoms with van der Waals surface area (Å²) in [6, 6.07) is 0.431. The summed E-state index contributed by atoms with van der Waals surface area (Å²) in [5.74, 6) is -0.974. The first-order valence-electron chi connectivity index (χ1n) is 5.24. The highest BCUT2D eigenvalue weighted by molar-refractivity contribution is 5.76. The lowest BCUT2D eigenvalue weighted by atomic mass is 10.2. The third-order valence-corrected chi connectivity index (χ3v) is 1.79. The Hall–Kier alpha value is -1.10. The Balaban J connectivity index is 3.30. The first kappa shape index (κ1) is 13.9. The zero-order chi connectivity index (χ0) is 11.7. The Bertz CT molecular complexity index is 205. The van der Waals surface area contributed by atoms with E-state index < -0.39 is 5.97 Å². The molecule has 0 aromatic carbocycles. The van der Waals surface area contributed by atoms with Gasteiger partial charge in [0, 0.05) is 19.0 Å². The van der Waals surface area contributed by atoms with E-state index in [4.69, 9.17) is 5.11 Å². The van der Waals surface area contributed by atoms with Gasteiger partial charge in [-0.15, -0.1) is 0 Å². The van der Waals surface area contributed by atoms with Gasteiger partial charge in [0.15, 0.2) is 0 Å². The molecule has 0 unspecified atom stereocenters. The molecule has 0 rings (SSSR count). The van der Waals surface area contributed by atoms with Gasteiger partial charge in [0.05, 0.1) is 6.42 Å². The third kappa shape index (κ3) is 10.8. The van der Waals surface area contributed by atoms with E-state index in [1.165, 1.54) is 0 Å². The average molecular weight is 216 g/mol. The smallest absolute Gasteiger partial charge is 0.305 e. The minimum absolute atomic E-state index is 0.0179. The van der Waals surface area contributed by atoms with Crippen molar-refractivity contribution < 1.29 is 14.7 Å². The summed E-state index contributed by atoms with van der Waals surface area (Å²) >= 11 is 0. The van der Waals surface area contributed by atoms with Crippen LogP contribution in [0.25, 0.3) is 0 Å². The fourth-order valence-electron chi connectivity index (χ4n) is 1.04. The second kappa shape index (κ2) is 8.23. The van der Waals surface area contributed by atoms with Gasteiger partial charge < -0.3 is 15.7 Å². The first-order valence-corrected chi connectivity index (χ1v) is 5.24. The molecule has 0 saturated heterocycles.